The lowest BCUT2D eigenvalue weighted by Crippen LogP contribution is -2.35. The maximum Gasteiger partial charge on any atom is 0.223 e. The van der Waals surface area contributed by atoms with Crippen LogP contribution in [0.2, 0.25) is 0 Å². The molecule has 4 nitrogen and oxygen atoms in total. The zero-order valence-corrected chi connectivity index (χ0v) is 7.52. The first-order valence-corrected chi connectivity index (χ1v) is 4.36. The van der Waals surface area contributed by atoms with Crippen LogP contribution in [0, 0.1) is 5.92 Å². The summed E-state index contributed by atoms with van der Waals surface area (Å²) < 4.78 is 0. The van der Waals surface area contributed by atoms with Gasteiger partial charge in [-0.3, -0.25) is 4.79 Å². The Morgan fingerprint density at radius 3 is 2.92 bits per heavy atom. The fraction of sp³-hybridized carbons (Fsp3) is 0.667. The highest BCUT2D eigenvalue weighted by Gasteiger charge is 2.28. The van der Waals surface area contributed by atoms with E-state index in [1.165, 1.54) is 0 Å². The Bertz CT molecular complexity index is 205. The van der Waals surface area contributed by atoms with Crippen LogP contribution in [0.3, 0.4) is 0 Å². The van der Waals surface area contributed by atoms with Gasteiger partial charge >= 0.3 is 0 Å². The molecule has 1 aliphatic heterocycles. The van der Waals surface area contributed by atoms with Crippen molar-refractivity contribution in [3.8, 4) is 0 Å². The van der Waals surface area contributed by atoms with Crippen LogP contribution in [0.4, 0.5) is 0 Å². The van der Waals surface area contributed by atoms with Gasteiger partial charge in [-0.1, -0.05) is 6.08 Å². The SMILES string of the molecule is C=CC1CC(=O)N(C[C@@H](O)CO)C1. The molecule has 1 fully saturated rings. The van der Waals surface area contributed by atoms with Gasteiger partial charge in [-0.2, -0.15) is 0 Å². The molecule has 2 atom stereocenters. The van der Waals surface area contributed by atoms with Gasteiger partial charge in [-0.15, -0.1) is 6.58 Å². The predicted molar refractivity (Wildman–Crippen MR) is 48.0 cm³/mol. The largest absolute Gasteiger partial charge is 0.394 e. The molecule has 1 saturated heterocycles. The van der Waals surface area contributed by atoms with E-state index >= 15 is 0 Å². The van der Waals surface area contributed by atoms with Gasteiger partial charge in [0.25, 0.3) is 0 Å². The van der Waals surface area contributed by atoms with Gasteiger partial charge in [0, 0.05) is 25.4 Å². The van der Waals surface area contributed by atoms with Crippen LogP contribution in [-0.4, -0.2) is 46.8 Å². The second kappa shape index (κ2) is 4.39. The molecule has 0 aromatic heterocycles. The fourth-order valence-electron chi connectivity index (χ4n) is 1.45. The number of aliphatic hydroxyl groups excluding tert-OH is 2. The normalized spacial score (nSPS) is 24.9. The minimum absolute atomic E-state index is 0.0254. The van der Waals surface area contributed by atoms with E-state index < -0.39 is 6.10 Å². The number of amides is 1. The van der Waals surface area contributed by atoms with Crippen molar-refractivity contribution in [2.24, 2.45) is 5.92 Å². The van der Waals surface area contributed by atoms with Crippen LogP contribution in [0.15, 0.2) is 12.7 Å². The predicted octanol–water partition coefficient (Wildman–Crippen LogP) is -0.626. The highest BCUT2D eigenvalue weighted by molar-refractivity contribution is 5.79. The Hall–Kier alpha value is -0.870. The number of carbonyl (C=O) groups is 1. The van der Waals surface area contributed by atoms with E-state index in [0.717, 1.165) is 0 Å². The molecule has 0 spiro atoms. The van der Waals surface area contributed by atoms with Crippen LogP contribution >= 0.6 is 0 Å². The molecule has 13 heavy (non-hydrogen) atoms. The molecule has 4 heteroatoms. The lowest BCUT2D eigenvalue weighted by Gasteiger charge is -2.18. The summed E-state index contributed by atoms with van der Waals surface area (Å²) >= 11 is 0. The zero-order chi connectivity index (χ0) is 9.84. The number of hydrogen-bond donors (Lipinski definition) is 2. The van der Waals surface area contributed by atoms with E-state index in [1.807, 2.05) is 0 Å². The third-order valence-corrected chi connectivity index (χ3v) is 2.22. The Kier molecular flexibility index (Phi) is 3.45. The maximum absolute atomic E-state index is 11.3. The Morgan fingerprint density at radius 1 is 1.77 bits per heavy atom. The number of rotatable bonds is 4. The van der Waals surface area contributed by atoms with Crippen molar-refractivity contribution >= 4 is 5.91 Å². The molecule has 1 unspecified atom stereocenters. The first-order chi connectivity index (χ1) is 6.17. The van der Waals surface area contributed by atoms with Crippen molar-refractivity contribution in [3.63, 3.8) is 0 Å². The third kappa shape index (κ3) is 2.54. The van der Waals surface area contributed by atoms with Crippen LogP contribution in [-0.2, 0) is 4.79 Å². The molecule has 0 bridgehead atoms. The lowest BCUT2D eigenvalue weighted by atomic mass is 10.1. The molecule has 1 aliphatic rings. The Balaban J connectivity index is 2.43. The molecular formula is C9H15NO3. The molecule has 0 aliphatic carbocycles. The summed E-state index contributed by atoms with van der Waals surface area (Å²) in [6, 6.07) is 0. The van der Waals surface area contributed by atoms with Crippen molar-refractivity contribution in [1.29, 1.82) is 0 Å². The van der Waals surface area contributed by atoms with E-state index in [2.05, 4.69) is 6.58 Å². The first-order valence-electron chi connectivity index (χ1n) is 4.36. The second-order valence-corrected chi connectivity index (χ2v) is 3.34. The number of carbonyl (C=O) groups excluding carboxylic acids is 1. The van der Waals surface area contributed by atoms with Gasteiger partial charge in [0.15, 0.2) is 0 Å². The lowest BCUT2D eigenvalue weighted by molar-refractivity contribution is -0.129. The van der Waals surface area contributed by atoms with E-state index in [0.29, 0.717) is 13.0 Å². The van der Waals surface area contributed by atoms with Gasteiger partial charge in [0.1, 0.15) is 0 Å². The van der Waals surface area contributed by atoms with Crippen molar-refractivity contribution in [2.45, 2.75) is 12.5 Å². The average Bonchev–Trinajstić information content (AvgIpc) is 2.47. The van der Waals surface area contributed by atoms with Crippen molar-refractivity contribution in [1.82, 2.24) is 4.90 Å². The average molecular weight is 185 g/mol. The standard InChI is InChI=1S/C9H15NO3/c1-2-7-3-9(13)10(4-7)5-8(12)6-11/h2,7-8,11-12H,1,3-6H2/t7?,8-/m1/s1. The zero-order valence-electron chi connectivity index (χ0n) is 7.52. The van der Waals surface area contributed by atoms with E-state index in [4.69, 9.17) is 10.2 Å². The van der Waals surface area contributed by atoms with Crippen molar-refractivity contribution in [3.05, 3.63) is 12.7 Å². The number of hydrogen-bond acceptors (Lipinski definition) is 3. The summed E-state index contributed by atoms with van der Waals surface area (Å²) in [5, 5.41) is 17.7. The molecule has 74 valence electrons. The number of nitrogens with zero attached hydrogens (tertiary/aromatic N) is 1. The first kappa shape index (κ1) is 10.2. The summed E-state index contributed by atoms with van der Waals surface area (Å²) in [7, 11) is 0. The molecule has 0 aromatic carbocycles. The molecule has 1 rings (SSSR count). The van der Waals surface area contributed by atoms with E-state index in [1.54, 1.807) is 11.0 Å². The molecular weight excluding hydrogens is 170 g/mol. The Labute approximate surface area is 77.5 Å². The van der Waals surface area contributed by atoms with E-state index in [-0.39, 0.29) is 25.0 Å². The molecule has 1 heterocycles. The third-order valence-electron chi connectivity index (χ3n) is 2.22. The minimum atomic E-state index is -0.826. The van der Waals surface area contributed by atoms with Gasteiger partial charge < -0.3 is 15.1 Å². The van der Waals surface area contributed by atoms with Crippen LogP contribution in [0.25, 0.3) is 0 Å². The van der Waals surface area contributed by atoms with Crippen molar-refractivity contribution in [2.75, 3.05) is 19.7 Å². The van der Waals surface area contributed by atoms with Gasteiger partial charge in [-0.05, 0) is 0 Å². The minimum Gasteiger partial charge on any atom is -0.394 e. The fourth-order valence-corrected chi connectivity index (χ4v) is 1.45. The van der Waals surface area contributed by atoms with E-state index in [9.17, 15) is 4.79 Å². The van der Waals surface area contributed by atoms with Gasteiger partial charge in [0.2, 0.25) is 5.91 Å². The molecule has 0 radical (unpaired) electrons. The molecule has 2 N–H and O–H groups in total. The molecule has 0 saturated carbocycles. The van der Waals surface area contributed by atoms with Crippen LogP contribution in [0.5, 0.6) is 0 Å². The summed E-state index contributed by atoms with van der Waals surface area (Å²) in [6.07, 6.45) is 1.40. The monoisotopic (exact) mass is 185 g/mol. The topological polar surface area (TPSA) is 60.8 Å². The van der Waals surface area contributed by atoms with Gasteiger partial charge in [-0.25, -0.2) is 0 Å². The number of aliphatic hydroxyl groups is 2. The van der Waals surface area contributed by atoms with Crippen molar-refractivity contribution < 1.29 is 15.0 Å². The summed E-state index contributed by atoms with van der Waals surface area (Å²) in [4.78, 5) is 12.8. The highest BCUT2D eigenvalue weighted by atomic mass is 16.3. The smallest absolute Gasteiger partial charge is 0.223 e. The number of likely N-dealkylation sites (tertiary alicyclic amines) is 1. The summed E-state index contributed by atoms with van der Waals surface area (Å²) in [5.41, 5.74) is 0. The van der Waals surface area contributed by atoms with Crippen LogP contribution < -0.4 is 0 Å². The highest BCUT2D eigenvalue weighted by Crippen LogP contribution is 2.18. The Morgan fingerprint density at radius 2 is 2.46 bits per heavy atom. The summed E-state index contributed by atoms with van der Waals surface area (Å²) in [6.45, 7) is 4.15. The summed E-state index contributed by atoms with van der Waals surface area (Å²) in [5.74, 6) is 0.218. The second-order valence-electron chi connectivity index (χ2n) is 3.34. The van der Waals surface area contributed by atoms with Crippen LogP contribution in [0.1, 0.15) is 6.42 Å². The maximum atomic E-state index is 11.3. The number of β-amino-alcohol motifs (C(OH)–C–C–N with tert-alkyl or cyclic N) is 1. The quantitative estimate of drug-likeness (QED) is 0.573. The van der Waals surface area contributed by atoms with Gasteiger partial charge in [0.05, 0.1) is 12.7 Å². The molecule has 0 aromatic rings. The molecule has 1 amide bonds.